The van der Waals surface area contributed by atoms with E-state index in [4.69, 9.17) is 5.73 Å². The van der Waals surface area contributed by atoms with E-state index in [0.717, 1.165) is 0 Å². The number of hydrogen-bond donors (Lipinski definition) is 1. The molecular formula is C14H25BN2O3S. The van der Waals surface area contributed by atoms with Crippen LogP contribution in [0.2, 0.25) is 0 Å². The molecule has 5 nitrogen and oxygen atoms in total. The summed E-state index contributed by atoms with van der Waals surface area (Å²) in [6.45, 7) is 7.41. The largest absolute Gasteiger partial charge is 0.328 e. The number of rotatable bonds is 7. The molecule has 3 unspecified atom stereocenters. The van der Waals surface area contributed by atoms with Crippen molar-refractivity contribution < 1.29 is 14.4 Å². The van der Waals surface area contributed by atoms with Gasteiger partial charge in [0.25, 0.3) is 0 Å². The molecule has 1 aliphatic rings. The minimum atomic E-state index is -0.739. The lowest BCUT2D eigenvalue weighted by Crippen LogP contribution is -2.51. The second-order valence-corrected chi connectivity index (χ2v) is 7.40. The van der Waals surface area contributed by atoms with Crippen LogP contribution in [0.15, 0.2) is 0 Å². The van der Waals surface area contributed by atoms with Crippen LogP contribution in [0, 0.1) is 5.41 Å². The minimum Gasteiger partial charge on any atom is -0.328 e. The maximum absolute atomic E-state index is 12.8. The number of nitrogens with zero attached hydrogens (tertiary/aromatic N) is 1. The van der Waals surface area contributed by atoms with Gasteiger partial charge in [0, 0.05) is 17.9 Å². The van der Waals surface area contributed by atoms with Gasteiger partial charge in [0.05, 0.1) is 5.25 Å². The summed E-state index contributed by atoms with van der Waals surface area (Å²) in [4.78, 5) is 38.5. The third-order valence-corrected chi connectivity index (χ3v) is 5.12. The minimum absolute atomic E-state index is 0.0780. The van der Waals surface area contributed by atoms with E-state index in [1.165, 1.54) is 16.5 Å². The Morgan fingerprint density at radius 3 is 2.48 bits per heavy atom. The first-order valence-electron chi connectivity index (χ1n) is 7.34. The summed E-state index contributed by atoms with van der Waals surface area (Å²) in [5.41, 5.74) is 5.26. The van der Waals surface area contributed by atoms with Crippen molar-refractivity contribution in [1.82, 2.24) is 4.90 Å². The fourth-order valence-electron chi connectivity index (χ4n) is 2.44. The number of likely N-dealkylation sites (tertiary alicyclic amines) is 1. The van der Waals surface area contributed by atoms with Gasteiger partial charge in [0.15, 0.2) is 12.9 Å². The van der Waals surface area contributed by atoms with Crippen molar-refractivity contribution in [3.05, 3.63) is 0 Å². The Balaban J connectivity index is 3.11. The number of carbonyl (C=O) groups excluding carboxylic acids is 3. The third kappa shape index (κ3) is 3.89. The molecule has 1 heterocycles. The van der Waals surface area contributed by atoms with E-state index in [1.807, 2.05) is 20.8 Å². The number of imide groups is 1. The standard InChI is InChI=1S/C14H25BN2O3S/c1-5-14(3,4)12(19)9(6-8(2)16)17-11(18)7-10(21-15)13(17)20/h8-10H,5-7,15-16H2,1-4H3. The summed E-state index contributed by atoms with van der Waals surface area (Å²) in [7, 11) is 1.80. The van der Waals surface area contributed by atoms with Crippen LogP contribution < -0.4 is 5.73 Å². The number of Topliss-reactive ketones (excluding diaryl/α,β-unsaturated/α-hetero) is 1. The zero-order chi connectivity index (χ0) is 16.4. The highest BCUT2D eigenvalue weighted by molar-refractivity contribution is 8.20. The maximum Gasteiger partial charge on any atom is 0.242 e. The Kier molecular flexibility index (Phi) is 6.05. The molecule has 1 fully saturated rings. The van der Waals surface area contributed by atoms with Crippen molar-refractivity contribution in [3.63, 3.8) is 0 Å². The highest BCUT2D eigenvalue weighted by Gasteiger charge is 2.46. The first-order chi connectivity index (χ1) is 9.65. The van der Waals surface area contributed by atoms with Gasteiger partial charge in [-0.1, -0.05) is 20.8 Å². The summed E-state index contributed by atoms with van der Waals surface area (Å²) < 4.78 is 0. The molecule has 0 aromatic heterocycles. The Morgan fingerprint density at radius 1 is 1.52 bits per heavy atom. The normalized spacial score (nSPS) is 22.5. The van der Waals surface area contributed by atoms with Crippen molar-refractivity contribution in [2.75, 3.05) is 0 Å². The monoisotopic (exact) mass is 312 g/mol. The number of nitrogens with two attached hydrogens (primary N) is 1. The van der Waals surface area contributed by atoms with E-state index in [2.05, 4.69) is 0 Å². The molecule has 2 amide bonds. The van der Waals surface area contributed by atoms with Gasteiger partial charge in [-0.3, -0.25) is 19.3 Å². The van der Waals surface area contributed by atoms with Gasteiger partial charge in [0.2, 0.25) is 11.8 Å². The van der Waals surface area contributed by atoms with Crippen LogP contribution >= 0.6 is 11.6 Å². The molecule has 0 aliphatic carbocycles. The van der Waals surface area contributed by atoms with Crippen LogP contribution in [0.5, 0.6) is 0 Å². The number of ketones is 1. The van der Waals surface area contributed by atoms with Gasteiger partial charge in [0.1, 0.15) is 6.04 Å². The topological polar surface area (TPSA) is 80.5 Å². The van der Waals surface area contributed by atoms with E-state index < -0.39 is 11.5 Å². The molecular weight excluding hydrogens is 287 g/mol. The lowest BCUT2D eigenvalue weighted by atomic mass is 9.80. The van der Waals surface area contributed by atoms with Crippen LogP contribution in [0.4, 0.5) is 0 Å². The highest BCUT2D eigenvalue weighted by Crippen LogP contribution is 2.31. The van der Waals surface area contributed by atoms with Crippen LogP contribution in [0.3, 0.4) is 0 Å². The van der Waals surface area contributed by atoms with E-state index in [-0.39, 0.29) is 35.3 Å². The SMILES string of the molecule is BSC1CC(=O)N(C(CC(C)N)C(=O)C(C)(C)CC)C1=O. The zero-order valence-electron chi connectivity index (χ0n) is 13.5. The van der Waals surface area contributed by atoms with Crippen LogP contribution in [0.25, 0.3) is 0 Å². The third-order valence-electron chi connectivity index (χ3n) is 4.19. The van der Waals surface area contributed by atoms with Crippen LogP contribution in [-0.4, -0.2) is 47.0 Å². The molecule has 1 rings (SSSR count). The summed E-state index contributed by atoms with van der Waals surface area (Å²) in [5, 5.41) is -0.370. The predicted octanol–water partition coefficient (Wildman–Crippen LogP) is 0.506. The quantitative estimate of drug-likeness (QED) is 0.547. The second kappa shape index (κ2) is 6.96. The average molecular weight is 312 g/mol. The van der Waals surface area contributed by atoms with Gasteiger partial charge in [-0.2, -0.15) is 0 Å². The van der Waals surface area contributed by atoms with Crippen molar-refractivity contribution in [2.45, 2.75) is 64.3 Å². The predicted molar refractivity (Wildman–Crippen MR) is 87.5 cm³/mol. The fourth-order valence-corrected chi connectivity index (χ4v) is 3.07. The molecule has 21 heavy (non-hydrogen) atoms. The van der Waals surface area contributed by atoms with Gasteiger partial charge < -0.3 is 5.73 Å². The number of hydrogen-bond acceptors (Lipinski definition) is 5. The van der Waals surface area contributed by atoms with Crippen LogP contribution in [0.1, 0.15) is 47.0 Å². The second-order valence-electron chi connectivity index (χ2n) is 6.36. The Bertz CT molecular complexity index is 440. The number of carbonyl (C=O) groups is 3. The first kappa shape index (κ1) is 18.2. The van der Waals surface area contributed by atoms with Gasteiger partial charge >= 0.3 is 0 Å². The smallest absolute Gasteiger partial charge is 0.242 e. The lowest BCUT2D eigenvalue weighted by molar-refractivity contribution is -0.149. The fraction of sp³-hybridized carbons (Fsp3) is 0.786. The molecule has 118 valence electrons. The van der Waals surface area contributed by atoms with Gasteiger partial charge in [-0.25, -0.2) is 11.6 Å². The molecule has 0 spiro atoms. The van der Waals surface area contributed by atoms with E-state index in [0.29, 0.717) is 12.8 Å². The molecule has 0 saturated carbocycles. The molecule has 0 aromatic carbocycles. The summed E-state index contributed by atoms with van der Waals surface area (Å²) >= 11 is 1.35. The van der Waals surface area contributed by atoms with E-state index in [9.17, 15) is 14.4 Å². The summed E-state index contributed by atoms with van der Waals surface area (Å²) in [6, 6.07) is -0.988. The molecule has 2 N–H and O–H groups in total. The molecule has 0 radical (unpaired) electrons. The van der Waals surface area contributed by atoms with Gasteiger partial charge in [-0.15, -0.1) is 0 Å². The highest BCUT2D eigenvalue weighted by atomic mass is 32.2. The van der Waals surface area contributed by atoms with E-state index >= 15 is 0 Å². The molecule has 1 saturated heterocycles. The molecule has 0 bridgehead atoms. The first-order valence-corrected chi connectivity index (χ1v) is 8.63. The zero-order valence-corrected chi connectivity index (χ0v) is 14.3. The maximum atomic E-state index is 12.8. The van der Waals surface area contributed by atoms with Crippen molar-refractivity contribution >= 4 is 36.3 Å². The Morgan fingerprint density at radius 2 is 2.10 bits per heavy atom. The van der Waals surface area contributed by atoms with E-state index in [1.54, 1.807) is 14.0 Å². The molecule has 7 heteroatoms. The number of amides is 2. The van der Waals surface area contributed by atoms with Crippen molar-refractivity contribution in [3.8, 4) is 0 Å². The summed E-state index contributed by atoms with van der Waals surface area (Å²) in [5.74, 6) is -0.589. The molecule has 1 aliphatic heterocycles. The van der Waals surface area contributed by atoms with Crippen molar-refractivity contribution in [2.24, 2.45) is 11.1 Å². The van der Waals surface area contributed by atoms with Gasteiger partial charge in [-0.05, 0) is 19.8 Å². The Hall–Kier alpha value is -0.815. The van der Waals surface area contributed by atoms with Crippen molar-refractivity contribution in [1.29, 1.82) is 0 Å². The molecule has 0 aromatic rings. The average Bonchev–Trinajstić information content (AvgIpc) is 2.70. The molecule has 3 atom stereocenters. The summed E-state index contributed by atoms with van der Waals surface area (Å²) in [6.07, 6.45) is 1.15. The Labute approximate surface area is 131 Å². The van der Waals surface area contributed by atoms with Crippen LogP contribution in [-0.2, 0) is 14.4 Å². The lowest BCUT2D eigenvalue weighted by Gasteiger charge is -2.33.